The van der Waals surface area contributed by atoms with E-state index in [1.807, 2.05) is 34.9 Å². The second-order valence-electron chi connectivity index (χ2n) is 5.39. The number of nitrogens with one attached hydrogen (secondary N) is 1. The van der Waals surface area contributed by atoms with Crippen LogP contribution < -0.4 is 14.4 Å². The van der Waals surface area contributed by atoms with Crippen molar-refractivity contribution >= 4 is 27.5 Å². The molecule has 0 saturated heterocycles. The normalized spacial score (nSPS) is 11.2. The lowest BCUT2D eigenvalue weighted by atomic mass is 10.3. The van der Waals surface area contributed by atoms with Crippen LogP contribution >= 0.6 is 0 Å². The van der Waals surface area contributed by atoms with E-state index in [2.05, 4.69) is 10.1 Å². The van der Waals surface area contributed by atoms with E-state index in [9.17, 15) is 18.4 Å². The molecule has 0 aliphatic rings. The number of nitrogens with zero attached hydrogens (tertiary/aromatic N) is 3. The van der Waals surface area contributed by atoms with Gasteiger partial charge >= 0.3 is 6.09 Å². The zero-order valence-corrected chi connectivity index (χ0v) is 14.8. The Hall–Kier alpha value is -2.59. The number of anilines is 2. The van der Waals surface area contributed by atoms with E-state index in [0.717, 1.165) is 0 Å². The first-order valence-electron chi connectivity index (χ1n) is 7.50. The Bertz CT molecular complexity index is 817. The highest BCUT2D eigenvalue weighted by Gasteiger charge is 2.21. The van der Waals surface area contributed by atoms with E-state index < -0.39 is 16.1 Å². The Morgan fingerprint density at radius 1 is 1.36 bits per heavy atom. The number of ether oxygens (including phenoxy) is 1. The highest BCUT2D eigenvalue weighted by atomic mass is 32.2. The smallest absolute Gasteiger partial charge is 0.411 e. The van der Waals surface area contributed by atoms with E-state index in [1.165, 1.54) is 31.4 Å². The lowest BCUT2D eigenvalue weighted by Crippen LogP contribution is -2.30. The molecule has 2 rings (SSSR count). The van der Waals surface area contributed by atoms with Gasteiger partial charge in [0.05, 0.1) is 32.1 Å². The summed E-state index contributed by atoms with van der Waals surface area (Å²) in [6.07, 6.45) is 5.26. The zero-order valence-electron chi connectivity index (χ0n) is 14.0. The molecule has 0 radical (unpaired) electrons. The van der Waals surface area contributed by atoms with Crippen molar-refractivity contribution in [1.29, 1.82) is 0 Å². The molecule has 1 aromatic carbocycles. The number of carbonyl (C=O) groups is 1. The van der Waals surface area contributed by atoms with Gasteiger partial charge in [-0.1, -0.05) is 0 Å². The number of sulfonamides is 1. The van der Waals surface area contributed by atoms with Crippen LogP contribution in [-0.4, -0.2) is 37.1 Å². The number of carbonyl (C=O) groups excluding carboxylic acids is 1. The molecule has 0 fully saturated rings. The van der Waals surface area contributed by atoms with Gasteiger partial charge in [0.1, 0.15) is 12.4 Å². The largest absolute Gasteiger partial charge is 0.453 e. The maximum Gasteiger partial charge on any atom is 0.411 e. The topological polar surface area (TPSA) is 105 Å². The van der Waals surface area contributed by atoms with Crippen LogP contribution in [0.2, 0.25) is 0 Å². The first kappa shape index (κ1) is 18.7. The van der Waals surface area contributed by atoms with Crippen LogP contribution in [-0.2, 0) is 28.4 Å². The summed E-state index contributed by atoms with van der Waals surface area (Å²) in [6.45, 7) is 0.524. The van der Waals surface area contributed by atoms with Crippen LogP contribution in [0.15, 0.2) is 43.0 Å². The fraction of sp³-hybridized carbons (Fsp3) is 0.333. The fourth-order valence-corrected chi connectivity index (χ4v) is 3.26. The minimum absolute atomic E-state index is 0.0859. The average molecular weight is 369 g/mol. The lowest BCUT2D eigenvalue weighted by molar-refractivity contribution is -0.671. The van der Waals surface area contributed by atoms with E-state index in [1.54, 1.807) is 0 Å². The van der Waals surface area contributed by atoms with Gasteiger partial charge in [-0.25, -0.2) is 22.3 Å². The van der Waals surface area contributed by atoms with Crippen molar-refractivity contribution in [3.05, 3.63) is 43.0 Å². The standard InChI is InChI=1S/C15H20N4O5S/c1-17-9-10-18(12-17)8-3-11-25(22,23)19(21)14-6-4-13(5-7-14)16-15(20)24-2/h4-7,9-10,12,21H,3,8,11H2,1-2H3/p+1. The molecular formula is C15H21N4O5S+. The Balaban J connectivity index is 1.95. The first-order chi connectivity index (χ1) is 11.8. The molecular weight excluding hydrogens is 348 g/mol. The second kappa shape index (κ2) is 7.99. The van der Waals surface area contributed by atoms with Crippen molar-refractivity contribution in [3.63, 3.8) is 0 Å². The summed E-state index contributed by atoms with van der Waals surface area (Å²) in [5, 5.41) is 12.4. The quantitative estimate of drug-likeness (QED) is 0.562. The van der Waals surface area contributed by atoms with Gasteiger partial charge in [0.2, 0.25) is 6.33 Å². The molecule has 10 heteroatoms. The molecule has 0 spiro atoms. The Labute approximate surface area is 146 Å². The summed E-state index contributed by atoms with van der Waals surface area (Å²) < 4.78 is 32.9. The van der Waals surface area contributed by atoms with Crippen molar-refractivity contribution in [1.82, 2.24) is 4.57 Å². The van der Waals surface area contributed by atoms with E-state index >= 15 is 0 Å². The van der Waals surface area contributed by atoms with Gasteiger partial charge in [-0.2, -0.15) is 0 Å². The first-order valence-corrected chi connectivity index (χ1v) is 9.10. The molecule has 1 amide bonds. The summed E-state index contributed by atoms with van der Waals surface area (Å²) in [5.41, 5.74) is 0.504. The molecule has 0 aliphatic carbocycles. The molecule has 2 N–H and O–H groups in total. The summed E-state index contributed by atoms with van der Waals surface area (Å²) >= 11 is 0. The molecule has 9 nitrogen and oxygen atoms in total. The zero-order chi connectivity index (χ0) is 18.4. The minimum atomic E-state index is -3.86. The van der Waals surface area contributed by atoms with Gasteiger partial charge < -0.3 is 4.74 Å². The number of methoxy groups -OCH3 is 1. The minimum Gasteiger partial charge on any atom is -0.453 e. The Morgan fingerprint density at radius 2 is 2.04 bits per heavy atom. The predicted molar refractivity (Wildman–Crippen MR) is 90.7 cm³/mol. The molecule has 0 bridgehead atoms. The number of amides is 1. The van der Waals surface area contributed by atoms with Gasteiger partial charge in [-0.3, -0.25) is 10.5 Å². The highest BCUT2D eigenvalue weighted by Crippen LogP contribution is 2.20. The van der Waals surface area contributed by atoms with Crippen LogP contribution in [0.1, 0.15) is 6.42 Å². The molecule has 2 aromatic rings. The third kappa shape index (κ3) is 5.19. The van der Waals surface area contributed by atoms with Crippen molar-refractivity contribution in [2.75, 3.05) is 22.6 Å². The van der Waals surface area contributed by atoms with Crippen LogP contribution in [0.3, 0.4) is 0 Å². The molecule has 0 aliphatic heterocycles. The molecule has 0 atom stereocenters. The van der Waals surface area contributed by atoms with Gasteiger partial charge in [-0.05, 0) is 24.3 Å². The number of hydrogen-bond donors (Lipinski definition) is 2. The predicted octanol–water partition coefficient (Wildman–Crippen LogP) is 1.11. The van der Waals surface area contributed by atoms with Crippen LogP contribution in [0.5, 0.6) is 0 Å². The SMILES string of the molecule is COC(=O)Nc1ccc(N(O)S(=O)(=O)CCCn2cc[n+](C)c2)cc1. The molecule has 136 valence electrons. The van der Waals surface area contributed by atoms with E-state index in [4.69, 9.17) is 0 Å². The second-order valence-corrected chi connectivity index (χ2v) is 7.31. The third-order valence-corrected chi connectivity index (χ3v) is 4.97. The molecule has 0 unspecified atom stereocenters. The number of rotatable bonds is 7. The summed E-state index contributed by atoms with van der Waals surface area (Å²) in [5.74, 6) is -0.201. The molecule has 1 heterocycles. The van der Waals surface area contributed by atoms with Gasteiger partial charge in [0.25, 0.3) is 10.0 Å². The van der Waals surface area contributed by atoms with Crippen molar-refractivity contribution in [3.8, 4) is 0 Å². The number of imidazole rings is 1. The lowest BCUT2D eigenvalue weighted by Gasteiger charge is -2.17. The average Bonchev–Trinajstić information content (AvgIpc) is 3.00. The van der Waals surface area contributed by atoms with E-state index in [-0.39, 0.29) is 15.9 Å². The van der Waals surface area contributed by atoms with Gasteiger partial charge in [0.15, 0.2) is 0 Å². The summed E-state index contributed by atoms with van der Waals surface area (Å²) in [4.78, 5) is 11.1. The monoisotopic (exact) mass is 369 g/mol. The molecule has 25 heavy (non-hydrogen) atoms. The fourth-order valence-electron chi connectivity index (χ4n) is 2.15. The van der Waals surface area contributed by atoms with Crippen molar-refractivity contribution in [2.45, 2.75) is 13.0 Å². The van der Waals surface area contributed by atoms with Gasteiger partial charge in [-0.15, -0.1) is 4.47 Å². The Kier molecular flexibility index (Phi) is 5.99. The summed E-state index contributed by atoms with van der Waals surface area (Å²) in [7, 11) is -0.749. The van der Waals surface area contributed by atoms with Crippen LogP contribution in [0.25, 0.3) is 0 Å². The van der Waals surface area contributed by atoms with Crippen molar-refractivity contribution < 1.29 is 27.7 Å². The maximum absolute atomic E-state index is 12.2. The van der Waals surface area contributed by atoms with Crippen LogP contribution in [0, 0.1) is 0 Å². The van der Waals surface area contributed by atoms with Gasteiger partial charge in [0, 0.05) is 12.1 Å². The highest BCUT2D eigenvalue weighted by molar-refractivity contribution is 7.92. The van der Waals surface area contributed by atoms with E-state index in [0.29, 0.717) is 18.7 Å². The van der Waals surface area contributed by atoms with Crippen LogP contribution in [0.4, 0.5) is 16.2 Å². The molecule has 0 saturated carbocycles. The Morgan fingerprint density at radius 3 is 2.60 bits per heavy atom. The number of hydrogen-bond acceptors (Lipinski definition) is 5. The maximum atomic E-state index is 12.2. The number of aromatic nitrogens is 2. The number of benzene rings is 1. The molecule has 1 aromatic heterocycles. The summed E-state index contributed by atoms with van der Waals surface area (Å²) in [6, 6.07) is 5.69. The number of aryl methyl sites for hydroxylation is 2. The third-order valence-electron chi connectivity index (χ3n) is 3.43. The van der Waals surface area contributed by atoms with Crippen molar-refractivity contribution in [2.24, 2.45) is 7.05 Å².